The molecule has 0 saturated heterocycles. The SMILES string of the molecule is Cc1ccc(/C=C2\Oc3cc(OC(=O)c4cc5cc(Br)ccc5o4)cc(C)c3C2=O)cc1. The molecular formula is C26H17BrO5. The molecular weight excluding hydrogens is 472 g/mol. The minimum absolute atomic E-state index is 0.0909. The summed E-state index contributed by atoms with van der Waals surface area (Å²) in [5.41, 5.74) is 3.72. The molecule has 0 fully saturated rings. The fourth-order valence-electron chi connectivity index (χ4n) is 3.62. The Hall–Kier alpha value is -3.64. The first-order valence-electron chi connectivity index (χ1n) is 9.94. The van der Waals surface area contributed by atoms with Crippen LogP contribution >= 0.6 is 15.9 Å². The van der Waals surface area contributed by atoms with Crippen LogP contribution in [0.4, 0.5) is 0 Å². The molecule has 1 aromatic heterocycles. The molecule has 1 aliphatic heterocycles. The molecule has 0 bridgehead atoms. The Morgan fingerprint density at radius 3 is 2.56 bits per heavy atom. The van der Waals surface area contributed by atoms with E-state index in [9.17, 15) is 9.59 Å². The Morgan fingerprint density at radius 2 is 1.78 bits per heavy atom. The standard InChI is InChI=1S/C26H17BrO5/c1-14-3-5-16(6-4-14)10-22-25(28)24-15(2)9-19(13-21(24)32-22)30-26(29)23-12-17-11-18(27)7-8-20(17)31-23/h3-13H,1-2H3/b22-10-. The number of ether oxygens (including phenoxy) is 2. The molecule has 3 aromatic carbocycles. The Labute approximate surface area is 192 Å². The van der Waals surface area contributed by atoms with Crippen molar-refractivity contribution in [2.24, 2.45) is 0 Å². The van der Waals surface area contributed by atoms with Gasteiger partial charge in [-0.2, -0.15) is 0 Å². The predicted molar refractivity (Wildman–Crippen MR) is 124 cm³/mol. The molecule has 1 aliphatic rings. The first-order valence-corrected chi connectivity index (χ1v) is 10.7. The van der Waals surface area contributed by atoms with Crippen molar-refractivity contribution >= 4 is 44.7 Å². The number of allylic oxidation sites excluding steroid dienone is 1. The Bertz CT molecular complexity index is 1430. The Balaban J connectivity index is 1.41. The smallest absolute Gasteiger partial charge is 0.379 e. The maximum Gasteiger partial charge on any atom is 0.379 e. The van der Waals surface area contributed by atoms with Crippen molar-refractivity contribution in [3.63, 3.8) is 0 Å². The molecule has 0 radical (unpaired) electrons. The molecule has 2 heterocycles. The molecule has 0 aliphatic carbocycles. The van der Waals surface area contributed by atoms with Crippen molar-refractivity contribution in [2.45, 2.75) is 13.8 Å². The zero-order valence-electron chi connectivity index (χ0n) is 17.3. The Kier molecular flexibility index (Phi) is 4.94. The predicted octanol–water partition coefficient (Wildman–Crippen LogP) is 6.65. The van der Waals surface area contributed by atoms with E-state index in [4.69, 9.17) is 13.9 Å². The summed E-state index contributed by atoms with van der Waals surface area (Å²) in [6.07, 6.45) is 1.71. The number of halogens is 1. The van der Waals surface area contributed by atoms with Crippen LogP contribution in [0, 0.1) is 13.8 Å². The summed E-state index contributed by atoms with van der Waals surface area (Å²) in [5.74, 6) is 0.142. The van der Waals surface area contributed by atoms with E-state index in [0.29, 0.717) is 22.5 Å². The molecule has 0 unspecified atom stereocenters. The van der Waals surface area contributed by atoms with Gasteiger partial charge in [0.15, 0.2) is 5.76 Å². The lowest BCUT2D eigenvalue weighted by atomic mass is 10.0. The number of hydrogen-bond acceptors (Lipinski definition) is 5. The highest BCUT2D eigenvalue weighted by molar-refractivity contribution is 9.10. The van der Waals surface area contributed by atoms with Gasteiger partial charge >= 0.3 is 5.97 Å². The van der Waals surface area contributed by atoms with Crippen LogP contribution in [-0.4, -0.2) is 11.8 Å². The average molecular weight is 489 g/mol. The van der Waals surface area contributed by atoms with Gasteiger partial charge in [-0.05, 0) is 61.4 Å². The molecule has 5 rings (SSSR count). The van der Waals surface area contributed by atoms with Crippen LogP contribution in [0.1, 0.15) is 37.6 Å². The van der Waals surface area contributed by atoms with Crippen LogP contribution in [0.2, 0.25) is 0 Å². The van der Waals surface area contributed by atoms with Gasteiger partial charge < -0.3 is 13.9 Å². The third kappa shape index (κ3) is 3.74. The van der Waals surface area contributed by atoms with E-state index < -0.39 is 5.97 Å². The van der Waals surface area contributed by atoms with Gasteiger partial charge in [-0.3, -0.25) is 4.79 Å². The number of hydrogen-bond donors (Lipinski definition) is 0. The normalized spacial score (nSPS) is 14.0. The third-order valence-corrected chi connectivity index (χ3v) is 5.70. The summed E-state index contributed by atoms with van der Waals surface area (Å²) in [6.45, 7) is 3.78. The lowest BCUT2D eigenvalue weighted by molar-refractivity contribution is 0.0703. The second-order valence-electron chi connectivity index (χ2n) is 7.65. The summed E-state index contributed by atoms with van der Waals surface area (Å²) in [7, 11) is 0. The van der Waals surface area contributed by atoms with Gasteiger partial charge in [0.1, 0.15) is 17.1 Å². The van der Waals surface area contributed by atoms with Gasteiger partial charge in [0, 0.05) is 15.9 Å². The lowest BCUT2D eigenvalue weighted by Gasteiger charge is -2.06. The van der Waals surface area contributed by atoms with Crippen molar-refractivity contribution < 1.29 is 23.5 Å². The highest BCUT2D eigenvalue weighted by Gasteiger charge is 2.30. The van der Waals surface area contributed by atoms with Crippen LogP contribution < -0.4 is 9.47 Å². The minimum atomic E-state index is -0.628. The number of esters is 1. The fraction of sp³-hybridized carbons (Fsp3) is 0.0769. The molecule has 0 spiro atoms. The molecule has 6 heteroatoms. The van der Waals surface area contributed by atoms with Gasteiger partial charge in [0.25, 0.3) is 0 Å². The quantitative estimate of drug-likeness (QED) is 0.183. The van der Waals surface area contributed by atoms with E-state index in [-0.39, 0.29) is 23.1 Å². The number of benzene rings is 3. The first kappa shape index (κ1) is 20.3. The monoisotopic (exact) mass is 488 g/mol. The number of fused-ring (bicyclic) bond motifs is 2. The number of ketones is 1. The highest BCUT2D eigenvalue weighted by Crippen LogP contribution is 2.38. The molecule has 5 nitrogen and oxygen atoms in total. The maximum atomic E-state index is 12.9. The number of rotatable bonds is 3. The summed E-state index contributed by atoms with van der Waals surface area (Å²) in [5, 5.41) is 0.788. The van der Waals surface area contributed by atoms with Crippen LogP contribution in [0.15, 0.2) is 75.3 Å². The van der Waals surface area contributed by atoms with E-state index in [1.807, 2.05) is 43.3 Å². The summed E-state index contributed by atoms with van der Waals surface area (Å²) in [6, 6.07) is 18.1. The number of aryl methyl sites for hydroxylation is 2. The number of Topliss-reactive ketones (excluding diaryl/α,β-unsaturated/α-hetero) is 1. The van der Waals surface area contributed by atoms with E-state index in [1.54, 1.807) is 37.3 Å². The Morgan fingerprint density at radius 1 is 1.00 bits per heavy atom. The number of carbonyl (C=O) groups excluding carboxylic acids is 2. The van der Waals surface area contributed by atoms with Gasteiger partial charge in [0.2, 0.25) is 11.5 Å². The third-order valence-electron chi connectivity index (χ3n) is 5.21. The van der Waals surface area contributed by atoms with E-state index in [1.165, 1.54) is 0 Å². The molecule has 0 saturated carbocycles. The van der Waals surface area contributed by atoms with E-state index in [0.717, 1.165) is 21.0 Å². The van der Waals surface area contributed by atoms with Crippen LogP contribution in [0.25, 0.3) is 17.0 Å². The summed E-state index contributed by atoms with van der Waals surface area (Å²) >= 11 is 3.40. The molecule has 4 aromatic rings. The minimum Gasteiger partial charge on any atom is -0.452 e. The fourth-order valence-corrected chi connectivity index (χ4v) is 4.00. The van der Waals surface area contributed by atoms with Gasteiger partial charge in [-0.1, -0.05) is 45.8 Å². The topological polar surface area (TPSA) is 65.7 Å². The zero-order valence-corrected chi connectivity index (χ0v) is 18.9. The molecule has 32 heavy (non-hydrogen) atoms. The van der Waals surface area contributed by atoms with Crippen molar-refractivity contribution in [2.75, 3.05) is 0 Å². The first-order chi connectivity index (χ1) is 15.4. The second-order valence-corrected chi connectivity index (χ2v) is 8.56. The van der Waals surface area contributed by atoms with Crippen LogP contribution in [0.3, 0.4) is 0 Å². The van der Waals surface area contributed by atoms with Crippen molar-refractivity contribution in [3.05, 3.63) is 98.9 Å². The molecule has 0 atom stereocenters. The molecule has 0 amide bonds. The molecule has 0 N–H and O–H groups in total. The van der Waals surface area contributed by atoms with Gasteiger partial charge in [-0.15, -0.1) is 0 Å². The van der Waals surface area contributed by atoms with E-state index in [2.05, 4.69) is 15.9 Å². The van der Waals surface area contributed by atoms with Crippen LogP contribution in [0.5, 0.6) is 11.5 Å². The maximum absolute atomic E-state index is 12.9. The highest BCUT2D eigenvalue weighted by atomic mass is 79.9. The second kappa shape index (κ2) is 7.80. The zero-order chi connectivity index (χ0) is 22.4. The molecule has 158 valence electrons. The van der Waals surface area contributed by atoms with Crippen molar-refractivity contribution in [1.29, 1.82) is 0 Å². The van der Waals surface area contributed by atoms with Crippen LogP contribution in [-0.2, 0) is 0 Å². The van der Waals surface area contributed by atoms with Crippen molar-refractivity contribution in [3.8, 4) is 11.5 Å². The lowest BCUT2D eigenvalue weighted by Crippen LogP contribution is -2.07. The van der Waals surface area contributed by atoms with Gasteiger partial charge in [-0.25, -0.2) is 4.79 Å². The summed E-state index contributed by atoms with van der Waals surface area (Å²) in [4.78, 5) is 25.5. The largest absolute Gasteiger partial charge is 0.452 e. The number of carbonyl (C=O) groups is 2. The average Bonchev–Trinajstić information content (AvgIpc) is 3.30. The number of furan rings is 1. The van der Waals surface area contributed by atoms with Gasteiger partial charge in [0.05, 0.1) is 5.56 Å². The van der Waals surface area contributed by atoms with E-state index >= 15 is 0 Å². The summed E-state index contributed by atoms with van der Waals surface area (Å²) < 4.78 is 17.8. The van der Waals surface area contributed by atoms with Crippen molar-refractivity contribution in [1.82, 2.24) is 0 Å².